The molecule has 5 rings (SSSR count). The number of pyridine rings is 1. The lowest BCUT2D eigenvalue weighted by Gasteiger charge is -2.26. The van der Waals surface area contributed by atoms with Crippen LogP contribution in [0.2, 0.25) is 0 Å². The number of nitrogens with one attached hydrogen (secondary N) is 1. The van der Waals surface area contributed by atoms with Gasteiger partial charge in [0.2, 0.25) is 0 Å². The fourth-order valence-electron chi connectivity index (χ4n) is 4.19. The minimum Gasteiger partial charge on any atom is -0.507 e. The number of fused-ring (bicyclic) bond motifs is 1. The van der Waals surface area contributed by atoms with Crippen LogP contribution in [0.1, 0.15) is 40.1 Å². The van der Waals surface area contributed by atoms with Crippen LogP contribution in [0.15, 0.2) is 73.1 Å². The van der Waals surface area contributed by atoms with Gasteiger partial charge >= 0.3 is 0 Å². The predicted octanol–water partition coefficient (Wildman–Crippen LogP) is 4.32. The molecule has 0 bridgehead atoms. The molecule has 0 radical (unpaired) electrons. The first-order valence-corrected chi connectivity index (χ1v) is 10.5. The summed E-state index contributed by atoms with van der Waals surface area (Å²) in [4.78, 5) is 19.4. The summed E-state index contributed by atoms with van der Waals surface area (Å²) >= 11 is 0. The summed E-state index contributed by atoms with van der Waals surface area (Å²) in [6.07, 6.45) is 3.47. The first-order chi connectivity index (χ1) is 15.7. The summed E-state index contributed by atoms with van der Waals surface area (Å²) < 4.78 is 5.59. The lowest BCUT2D eigenvalue weighted by molar-refractivity contribution is 0.0730. The average Bonchev–Trinajstić information content (AvgIpc) is 3.35. The Morgan fingerprint density at radius 2 is 1.91 bits per heavy atom. The van der Waals surface area contributed by atoms with Gasteiger partial charge in [-0.2, -0.15) is 5.10 Å². The SMILES string of the molecule is CCOc1ccc([C@H]2c3c(-c4ccccc4O)n[nH]c3C(=O)N2Cc2cccnc2)cc1. The summed E-state index contributed by atoms with van der Waals surface area (Å²) in [7, 11) is 0. The highest BCUT2D eigenvalue weighted by Crippen LogP contribution is 2.45. The van der Waals surface area contributed by atoms with E-state index < -0.39 is 0 Å². The van der Waals surface area contributed by atoms with E-state index in [0.717, 1.165) is 22.4 Å². The number of para-hydroxylation sites is 1. The van der Waals surface area contributed by atoms with Gasteiger partial charge in [-0.15, -0.1) is 0 Å². The van der Waals surface area contributed by atoms with Gasteiger partial charge in [0.05, 0.1) is 12.6 Å². The van der Waals surface area contributed by atoms with Crippen molar-refractivity contribution >= 4 is 5.91 Å². The van der Waals surface area contributed by atoms with Gasteiger partial charge in [-0.1, -0.05) is 30.3 Å². The van der Waals surface area contributed by atoms with Crippen LogP contribution in [0.5, 0.6) is 11.5 Å². The molecule has 1 amide bonds. The third-order valence-electron chi connectivity index (χ3n) is 5.61. The van der Waals surface area contributed by atoms with Gasteiger partial charge in [-0.05, 0) is 48.4 Å². The van der Waals surface area contributed by atoms with Crippen molar-refractivity contribution < 1.29 is 14.6 Å². The Balaban J connectivity index is 1.63. The Labute approximate surface area is 185 Å². The minimum atomic E-state index is -0.373. The van der Waals surface area contributed by atoms with Gasteiger partial charge in [0, 0.05) is 30.1 Å². The highest BCUT2D eigenvalue weighted by atomic mass is 16.5. The number of hydrogen-bond acceptors (Lipinski definition) is 5. The van der Waals surface area contributed by atoms with Crippen LogP contribution in [0, 0.1) is 0 Å². The minimum absolute atomic E-state index is 0.116. The van der Waals surface area contributed by atoms with E-state index >= 15 is 0 Å². The summed E-state index contributed by atoms with van der Waals surface area (Å²) in [5.74, 6) is 0.745. The smallest absolute Gasteiger partial charge is 0.273 e. The number of rotatable bonds is 6. The number of phenolic OH excluding ortho intramolecular Hbond substituents is 1. The third kappa shape index (κ3) is 3.37. The third-order valence-corrected chi connectivity index (χ3v) is 5.61. The molecule has 32 heavy (non-hydrogen) atoms. The number of phenols is 1. The van der Waals surface area contributed by atoms with Crippen LogP contribution in [0.3, 0.4) is 0 Å². The highest BCUT2D eigenvalue weighted by Gasteiger charge is 2.42. The Hall–Kier alpha value is -4.13. The summed E-state index contributed by atoms with van der Waals surface area (Å²) in [6, 6.07) is 18.2. The van der Waals surface area contributed by atoms with E-state index in [0.29, 0.717) is 30.1 Å². The molecule has 1 aliphatic rings. The van der Waals surface area contributed by atoms with Crippen molar-refractivity contribution in [2.75, 3.05) is 6.61 Å². The second-order valence-corrected chi connectivity index (χ2v) is 7.58. The van der Waals surface area contributed by atoms with Crippen molar-refractivity contribution in [1.29, 1.82) is 0 Å². The lowest BCUT2D eigenvalue weighted by atomic mass is 9.95. The van der Waals surface area contributed by atoms with Crippen molar-refractivity contribution in [3.63, 3.8) is 0 Å². The number of aromatic nitrogens is 3. The number of carbonyl (C=O) groups is 1. The van der Waals surface area contributed by atoms with Crippen LogP contribution >= 0.6 is 0 Å². The van der Waals surface area contributed by atoms with Crippen molar-refractivity contribution in [2.24, 2.45) is 0 Å². The molecule has 2 aromatic carbocycles. The zero-order valence-corrected chi connectivity index (χ0v) is 17.5. The second-order valence-electron chi connectivity index (χ2n) is 7.58. The number of H-pyrrole nitrogens is 1. The molecule has 0 aliphatic carbocycles. The summed E-state index contributed by atoms with van der Waals surface area (Å²) in [5, 5.41) is 17.8. The van der Waals surface area contributed by atoms with Crippen LogP contribution in [0.25, 0.3) is 11.3 Å². The van der Waals surface area contributed by atoms with E-state index in [-0.39, 0.29) is 17.7 Å². The molecule has 0 saturated heterocycles. The van der Waals surface area contributed by atoms with Gasteiger partial charge < -0.3 is 14.7 Å². The Bertz CT molecular complexity index is 1250. The normalized spacial score (nSPS) is 15.1. The van der Waals surface area contributed by atoms with E-state index in [4.69, 9.17) is 4.74 Å². The fourth-order valence-corrected chi connectivity index (χ4v) is 4.19. The zero-order valence-electron chi connectivity index (χ0n) is 17.5. The summed E-state index contributed by atoms with van der Waals surface area (Å²) in [6.45, 7) is 2.92. The molecule has 1 aliphatic heterocycles. The Morgan fingerprint density at radius 3 is 2.62 bits per heavy atom. The van der Waals surface area contributed by atoms with Crippen molar-refractivity contribution in [2.45, 2.75) is 19.5 Å². The van der Waals surface area contributed by atoms with E-state index in [2.05, 4.69) is 15.2 Å². The number of amides is 1. The molecule has 0 spiro atoms. The molecule has 0 unspecified atom stereocenters. The first-order valence-electron chi connectivity index (χ1n) is 10.5. The molecule has 4 aromatic rings. The fraction of sp³-hybridized carbons (Fsp3) is 0.160. The topological polar surface area (TPSA) is 91.3 Å². The van der Waals surface area contributed by atoms with Gasteiger partial charge in [-0.25, -0.2) is 0 Å². The molecular weight excluding hydrogens is 404 g/mol. The van der Waals surface area contributed by atoms with E-state index in [1.54, 1.807) is 35.5 Å². The largest absolute Gasteiger partial charge is 0.507 e. The number of carbonyl (C=O) groups excluding carboxylic acids is 1. The van der Waals surface area contributed by atoms with E-state index in [1.165, 1.54) is 0 Å². The predicted molar refractivity (Wildman–Crippen MR) is 119 cm³/mol. The Kier molecular flexibility index (Phi) is 5.07. The molecular formula is C25H22N4O3. The monoisotopic (exact) mass is 426 g/mol. The molecule has 2 N–H and O–H groups in total. The maximum Gasteiger partial charge on any atom is 0.273 e. The quantitative estimate of drug-likeness (QED) is 0.479. The van der Waals surface area contributed by atoms with Gasteiger partial charge in [0.25, 0.3) is 5.91 Å². The molecule has 1 atom stereocenters. The number of ether oxygens (including phenoxy) is 1. The lowest BCUT2D eigenvalue weighted by Crippen LogP contribution is -2.29. The molecule has 0 fully saturated rings. The van der Waals surface area contributed by atoms with E-state index in [9.17, 15) is 9.90 Å². The highest BCUT2D eigenvalue weighted by molar-refractivity contribution is 6.00. The zero-order chi connectivity index (χ0) is 22.1. The number of aromatic amines is 1. The van der Waals surface area contributed by atoms with Crippen LogP contribution in [0.4, 0.5) is 0 Å². The van der Waals surface area contributed by atoms with Crippen LogP contribution < -0.4 is 4.74 Å². The number of nitrogens with zero attached hydrogens (tertiary/aromatic N) is 3. The molecule has 7 heteroatoms. The van der Waals surface area contributed by atoms with Gasteiger partial charge in [0.1, 0.15) is 22.9 Å². The molecule has 7 nitrogen and oxygen atoms in total. The standard InChI is InChI=1S/C25H22N4O3/c1-2-32-18-11-9-17(10-12-18)24-21-22(19-7-3-4-8-20(19)30)27-28-23(21)25(31)29(24)15-16-6-5-13-26-14-16/h3-14,24,30H,2,15H2,1H3,(H,27,28)/t24-/m0/s1. The first kappa shape index (κ1) is 19.8. The van der Waals surface area contributed by atoms with Crippen molar-refractivity contribution in [3.8, 4) is 22.8 Å². The second kappa shape index (κ2) is 8.19. The summed E-state index contributed by atoms with van der Waals surface area (Å²) in [5.41, 5.74) is 4.20. The van der Waals surface area contributed by atoms with Crippen LogP contribution in [-0.2, 0) is 6.54 Å². The molecule has 3 heterocycles. The average molecular weight is 426 g/mol. The van der Waals surface area contributed by atoms with E-state index in [1.807, 2.05) is 49.4 Å². The number of aromatic hydroxyl groups is 1. The van der Waals surface area contributed by atoms with Gasteiger partial charge in [0.15, 0.2) is 0 Å². The van der Waals surface area contributed by atoms with Crippen molar-refractivity contribution in [1.82, 2.24) is 20.1 Å². The molecule has 0 saturated carbocycles. The number of benzene rings is 2. The van der Waals surface area contributed by atoms with Crippen LogP contribution in [-0.4, -0.2) is 37.7 Å². The van der Waals surface area contributed by atoms with Gasteiger partial charge in [-0.3, -0.25) is 14.9 Å². The van der Waals surface area contributed by atoms with Crippen molar-refractivity contribution in [3.05, 3.63) is 95.4 Å². The number of hydrogen-bond donors (Lipinski definition) is 2. The molecule has 160 valence electrons. The maximum atomic E-state index is 13.4. The Morgan fingerprint density at radius 1 is 1.09 bits per heavy atom. The molecule has 2 aromatic heterocycles. The maximum absolute atomic E-state index is 13.4.